The van der Waals surface area contributed by atoms with Gasteiger partial charge in [0.25, 0.3) is 5.91 Å². The molecule has 33 heavy (non-hydrogen) atoms. The third kappa shape index (κ3) is 5.48. The topological polar surface area (TPSA) is 103 Å². The van der Waals surface area contributed by atoms with E-state index in [0.29, 0.717) is 27.1 Å². The van der Waals surface area contributed by atoms with Gasteiger partial charge in [-0.25, -0.2) is 4.68 Å². The van der Waals surface area contributed by atoms with Crippen LogP contribution in [0.2, 0.25) is 10.0 Å². The van der Waals surface area contributed by atoms with Gasteiger partial charge in [0.05, 0.1) is 35.0 Å². The summed E-state index contributed by atoms with van der Waals surface area (Å²) >= 11 is 12.4. The number of benzene rings is 1. The van der Waals surface area contributed by atoms with Gasteiger partial charge in [-0.2, -0.15) is 5.10 Å². The highest BCUT2D eigenvalue weighted by Gasteiger charge is 2.36. The first kappa shape index (κ1) is 24.6. The highest BCUT2D eigenvalue weighted by molar-refractivity contribution is 6.42. The minimum atomic E-state index is -0.676. The van der Waals surface area contributed by atoms with E-state index in [1.165, 1.54) is 0 Å². The zero-order valence-corrected chi connectivity index (χ0v) is 19.9. The van der Waals surface area contributed by atoms with Crippen molar-refractivity contribution in [2.75, 3.05) is 31.6 Å². The summed E-state index contributed by atoms with van der Waals surface area (Å²) in [5, 5.41) is 8.20. The van der Waals surface area contributed by atoms with Crippen molar-refractivity contribution >= 4 is 46.9 Å². The zero-order valence-electron chi connectivity index (χ0n) is 18.4. The van der Waals surface area contributed by atoms with Crippen molar-refractivity contribution in [1.29, 1.82) is 0 Å². The van der Waals surface area contributed by atoms with E-state index in [-0.39, 0.29) is 18.8 Å². The van der Waals surface area contributed by atoms with Gasteiger partial charge in [-0.3, -0.25) is 14.4 Å². The smallest absolute Gasteiger partial charge is 0.325 e. The van der Waals surface area contributed by atoms with Gasteiger partial charge in [0, 0.05) is 11.8 Å². The zero-order chi connectivity index (χ0) is 24.1. The van der Waals surface area contributed by atoms with Crippen LogP contribution in [0, 0.1) is 0 Å². The van der Waals surface area contributed by atoms with Gasteiger partial charge in [0.15, 0.2) is 0 Å². The molecule has 2 aromatic rings. The van der Waals surface area contributed by atoms with Crippen molar-refractivity contribution < 1.29 is 23.9 Å². The average Bonchev–Trinajstić information content (AvgIpc) is 3.22. The molecule has 9 nitrogen and oxygen atoms in total. The van der Waals surface area contributed by atoms with Gasteiger partial charge >= 0.3 is 11.9 Å². The molecule has 176 valence electrons. The Morgan fingerprint density at radius 2 is 1.70 bits per heavy atom. The number of allylic oxidation sites excluding steroid dienone is 1. The van der Waals surface area contributed by atoms with Crippen LogP contribution in [0.3, 0.4) is 0 Å². The molecule has 1 aliphatic heterocycles. The van der Waals surface area contributed by atoms with Crippen molar-refractivity contribution in [2.24, 2.45) is 0 Å². The molecular weight excluding hydrogens is 471 g/mol. The van der Waals surface area contributed by atoms with E-state index >= 15 is 0 Å². The van der Waals surface area contributed by atoms with Crippen molar-refractivity contribution in [3.63, 3.8) is 0 Å². The van der Waals surface area contributed by atoms with Crippen LogP contribution in [-0.2, 0) is 23.9 Å². The first-order valence-corrected chi connectivity index (χ1v) is 11.1. The number of esters is 2. The normalized spacial score (nSPS) is 14.9. The summed E-state index contributed by atoms with van der Waals surface area (Å²) in [6, 6.07) is 6.14. The molecule has 2 heterocycles. The number of ether oxygens (including phenoxy) is 2. The second kappa shape index (κ2) is 10.7. The molecule has 0 bridgehead atoms. The minimum Gasteiger partial charge on any atom is -0.465 e. The molecule has 0 fully saturated rings. The quantitative estimate of drug-likeness (QED) is 0.560. The van der Waals surface area contributed by atoms with Gasteiger partial charge in [-0.05, 0) is 38.5 Å². The first-order chi connectivity index (χ1) is 15.8. The lowest BCUT2D eigenvalue weighted by Crippen LogP contribution is -2.44. The number of fused-ring (bicyclic) bond motifs is 1. The fourth-order valence-corrected chi connectivity index (χ4v) is 3.87. The summed E-state index contributed by atoms with van der Waals surface area (Å²) < 4.78 is 11.6. The molecule has 0 radical (unpaired) electrons. The van der Waals surface area contributed by atoms with Crippen molar-refractivity contribution in [3.05, 3.63) is 57.3 Å². The molecule has 0 aliphatic carbocycles. The summed E-state index contributed by atoms with van der Waals surface area (Å²) in [5.74, 6) is -1.15. The fraction of sp³-hybridized carbons (Fsp3) is 0.364. The Bertz CT molecular complexity index is 1080. The molecule has 1 N–H and O–H groups in total. The minimum absolute atomic E-state index is 0.145. The third-order valence-corrected chi connectivity index (χ3v) is 5.67. The number of hydrogen-bond acceptors (Lipinski definition) is 7. The number of nitrogens with zero attached hydrogens (tertiary/aromatic N) is 3. The number of hydrogen-bond donors (Lipinski definition) is 1. The van der Waals surface area contributed by atoms with Gasteiger partial charge in [0.1, 0.15) is 24.9 Å². The predicted octanol–water partition coefficient (Wildman–Crippen LogP) is 3.43. The number of nitrogens with one attached hydrogen (secondary N) is 1. The van der Waals surface area contributed by atoms with E-state index in [1.54, 1.807) is 55.9 Å². The summed E-state index contributed by atoms with van der Waals surface area (Å²) in [6.07, 6.45) is 1.60. The molecule has 1 aromatic heterocycles. The summed E-state index contributed by atoms with van der Waals surface area (Å²) in [5.41, 5.74) is 1.49. The number of carbonyl (C=O) groups is 3. The number of carbonyl (C=O) groups excluding carboxylic acids is 3. The lowest BCUT2D eigenvalue weighted by molar-refractivity contribution is -0.153. The van der Waals surface area contributed by atoms with Crippen LogP contribution in [0.4, 0.5) is 5.82 Å². The number of aromatic nitrogens is 2. The second-order valence-electron chi connectivity index (χ2n) is 7.17. The molecule has 1 aliphatic rings. The standard InChI is InChI=1S/C22H24Cl2N4O5/c1-4-32-18(29)11-27(12-19(30)33-5-2)22(31)20-13(3)26-17-8-9-25-28(17)21(20)14-6-7-15(23)16(24)10-14/h6-10,21,26H,4-5,11-12H2,1-3H3. The van der Waals surface area contributed by atoms with Crippen LogP contribution in [0.25, 0.3) is 0 Å². The number of amides is 1. The van der Waals surface area contributed by atoms with E-state index in [9.17, 15) is 14.4 Å². The maximum atomic E-state index is 13.8. The van der Waals surface area contributed by atoms with Gasteiger partial charge in [0.2, 0.25) is 0 Å². The molecule has 0 saturated carbocycles. The van der Waals surface area contributed by atoms with Gasteiger partial charge in [-0.1, -0.05) is 29.3 Å². The van der Waals surface area contributed by atoms with Crippen LogP contribution in [0.5, 0.6) is 0 Å². The van der Waals surface area contributed by atoms with Crippen LogP contribution in [0.15, 0.2) is 41.7 Å². The lowest BCUT2D eigenvalue weighted by Gasteiger charge is -2.32. The van der Waals surface area contributed by atoms with E-state index in [2.05, 4.69) is 10.4 Å². The number of anilines is 1. The molecule has 1 aromatic carbocycles. The van der Waals surface area contributed by atoms with E-state index < -0.39 is 37.0 Å². The maximum absolute atomic E-state index is 13.8. The Balaban J connectivity index is 2.05. The molecular formula is C22H24Cl2N4O5. The molecule has 3 rings (SSSR count). The monoisotopic (exact) mass is 494 g/mol. The Morgan fingerprint density at radius 3 is 2.27 bits per heavy atom. The first-order valence-electron chi connectivity index (χ1n) is 10.3. The maximum Gasteiger partial charge on any atom is 0.325 e. The highest BCUT2D eigenvalue weighted by Crippen LogP contribution is 2.38. The number of rotatable bonds is 8. The van der Waals surface area contributed by atoms with Crippen molar-refractivity contribution in [3.8, 4) is 0 Å². The second-order valence-corrected chi connectivity index (χ2v) is 7.99. The highest BCUT2D eigenvalue weighted by atomic mass is 35.5. The van der Waals surface area contributed by atoms with Crippen molar-refractivity contribution in [1.82, 2.24) is 14.7 Å². The van der Waals surface area contributed by atoms with Crippen LogP contribution >= 0.6 is 23.2 Å². The van der Waals surface area contributed by atoms with Gasteiger partial charge in [-0.15, -0.1) is 0 Å². The fourth-order valence-electron chi connectivity index (χ4n) is 3.57. The van der Waals surface area contributed by atoms with Crippen molar-refractivity contribution in [2.45, 2.75) is 26.8 Å². The van der Waals surface area contributed by atoms with E-state index in [0.717, 1.165) is 4.90 Å². The Labute approximate surface area is 201 Å². The van der Waals surface area contributed by atoms with E-state index in [1.807, 2.05) is 0 Å². The molecule has 0 saturated heterocycles. The Hall–Kier alpha value is -3.04. The third-order valence-electron chi connectivity index (χ3n) is 4.94. The number of halogens is 2. The SMILES string of the molecule is CCOC(=O)CN(CC(=O)OCC)C(=O)C1=C(C)Nc2ccnn2C1c1ccc(Cl)c(Cl)c1. The molecule has 1 atom stereocenters. The molecule has 1 amide bonds. The lowest BCUT2D eigenvalue weighted by atomic mass is 9.94. The predicted molar refractivity (Wildman–Crippen MR) is 123 cm³/mol. The van der Waals surface area contributed by atoms with Crippen LogP contribution < -0.4 is 5.32 Å². The molecule has 0 spiro atoms. The molecule has 11 heteroatoms. The van der Waals surface area contributed by atoms with Crippen LogP contribution in [-0.4, -0.2) is 58.8 Å². The largest absolute Gasteiger partial charge is 0.465 e. The van der Waals surface area contributed by atoms with Gasteiger partial charge < -0.3 is 19.7 Å². The molecule has 1 unspecified atom stereocenters. The summed E-state index contributed by atoms with van der Waals surface area (Å²) in [6.45, 7) is 4.52. The van der Waals surface area contributed by atoms with Crippen LogP contribution in [0.1, 0.15) is 32.4 Å². The summed E-state index contributed by atoms with van der Waals surface area (Å²) in [4.78, 5) is 39.3. The summed E-state index contributed by atoms with van der Waals surface area (Å²) in [7, 11) is 0. The average molecular weight is 495 g/mol. The Kier molecular flexibility index (Phi) is 7.99. The Morgan fingerprint density at radius 1 is 1.06 bits per heavy atom. The van der Waals surface area contributed by atoms with E-state index in [4.69, 9.17) is 32.7 Å².